The molecule has 0 spiro atoms. The van der Waals surface area contributed by atoms with Crippen LogP contribution in [0.25, 0.3) is 0 Å². The molecule has 0 radical (unpaired) electrons. The minimum atomic E-state index is -3.88. The Morgan fingerprint density at radius 3 is 2.40 bits per heavy atom. The first-order valence-corrected chi connectivity index (χ1v) is 9.71. The van der Waals surface area contributed by atoms with Crippen molar-refractivity contribution in [3.63, 3.8) is 0 Å². The summed E-state index contributed by atoms with van der Waals surface area (Å²) in [5, 5.41) is 0.429. The third-order valence-electron chi connectivity index (χ3n) is 3.99. The summed E-state index contributed by atoms with van der Waals surface area (Å²) in [4.78, 5) is 7.63. The highest BCUT2D eigenvalue weighted by Gasteiger charge is 2.28. The summed E-state index contributed by atoms with van der Waals surface area (Å²) >= 11 is 5.72. The van der Waals surface area contributed by atoms with Gasteiger partial charge in [0.15, 0.2) is 0 Å². The van der Waals surface area contributed by atoms with E-state index in [1.807, 2.05) is 0 Å². The molecule has 0 saturated heterocycles. The van der Waals surface area contributed by atoms with Gasteiger partial charge in [-0.05, 0) is 37.8 Å². The van der Waals surface area contributed by atoms with Gasteiger partial charge < -0.3 is 4.74 Å². The van der Waals surface area contributed by atoms with Crippen molar-refractivity contribution in [3.8, 4) is 6.01 Å². The fourth-order valence-corrected chi connectivity index (χ4v) is 4.24. The molecule has 2 aromatic rings. The lowest BCUT2D eigenvalue weighted by molar-refractivity contribution is 0.132. The van der Waals surface area contributed by atoms with E-state index in [2.05, 4.69) is 14.7 Å². The Balaban J connectivity index is 1.55. The average Bonchev–Trinajstić information content (AvgIpc) is 2.59. The summed E-state index contributed by atoms with van der Waals surface area (Å²) < 4.78 is 46.6. The van der Waals surface area contributed by atoms with Crippen LogP contribution in [0, 0.1) is 5.82 Å². The number of sulfonamides is 1. The van der Waals surface area contributed by atoms with E-state index in [9.17, 15) is 12.8 Å². The second kappa shape index (κ2) is 7.63. The summed E-state index contributed by atoms with van der Waals surface area (Å²) in [6.07, 6.45) is 5.30. The molecule has 1 aliphatic rings. The van der Waals surface area contributed by atoms with Gasteiger partial charge in [-0.1, -0.05) is 23.7 Å². The lowest BCUT2D eigenvalue weighted by Gasteiger charge is -2.28. The van der Waals surface area contributed by atoms with Crippen molar-refractivity contribution in [1.29, 1.82) is 0 Å². The van der Waals surface area contributed by atoms with Crippen LogP contribution in [0.3, 0.4) is 0 Å². The molecule has 1 aliphatic carbocycles. The molecule has 3 rings (SSSR count). The van der Waals surface area contributed by atoms with E-state index < -0.39 is 15.8 Å². The summed E-state index contributed by atoms with van der Waals surface area (Å²) in [5.74, 6) is -0.757. The predicted molar refractivity (Wildman–Crippen MR) is 90.4 cm³/mol. The van der Waals surface area contributed by atoms with Crippen LogP contribution in [0.2, 0.25) is 5.02 Å². The van der Waals surface area contributed by atoms with Crippen LogP contribution in [-0.2, 0) is 10.0 Å². The van der Waals surface area contributed by atoms with Crippen molar-refractivity contribution >= 4 is 21.6 Å². The fourth-order valence-electron chi connectivity index (χ4n) is 2.75. The molecule has 9 heteroatoms. The van der Waals surface area contributed by atoms with Crippen LogP contribution < -0.4 is 9.46 Å². The fraction of sp³-hybridized carbons (Fsp3) is 0.375. The van der Waals surface area contributed by atoms with Crippen LogP contribution >= 0.6 is 11.6 Å². The number of hydrogen-bond donors (Lipinski definition) is 1. The Labute approximate surface area is 150 Å². The van der Waals surface area contributed by atoms with Crippen LogP contribution in [0.4, 0.5) is 4.39 Å². The third kappa shape index (κ3) is 4.65. The third-order valence-corrected chi connectivity index (χ3v) is 5.74. The first-order valence-electron chi connectivity index (χ1n) is 7.85. The van der Waals surface area contributed by atoms with E-state index in [0.717, 1.165) is 6.07 Å². The predicted octanol–water partition coefficient (Wildman–Crippen LogP) is 2.94. The van der Waals surface area contributed by atoms with E-state index in [4.69, 9.17) is 16.3 Å². The molecule has 0 unspecified atom stereocenters. The van der Waals surface area contributed by atoms with Gasteiger partial charge in [0.25, 0.3) is 0 Å². The van der Waals surface area contributed by atoms with Crippen molar-refractivity contribution in [2.24, 2.45) is 0 Å². The molecule has 1 aromatic carbocycles. The summed E-state index contributed by atoms with van der Waals surface area (Å²) in [6.45, 7) is 0. The van der Waals surface area contributed by atoms with Crippen molar-refractivity contribution in [2.45, 2.75) is 42.7 Å². The number of rotatable bonds is 5. The molecule has 0 atom stereocenters. The lowest BCUT2D eigenvalue weighted by Crippen LogP contribution is -2.40. The molecular formula is C16H17ClFN3O3S. The Kier molecular flexibility index (Phi) is 5.51. The van der Waals surface area contributed by atoms with Gasteiger partial charge in [0.1, 0.15) is 16.8 Å². The molecule has 25 heavy (non-hydrogen) atoms. The normalized spacial score (nSPS) is 21.0. The van der Waals surface area contributed by atoms with E-state index in [1.165, 1.54) is 30.6 Å². The standard InChI is InChI=1S/C16H17ClFN3O3S/c17-11-9-19-16(20-10-11)24-13-7-5-12(6-8-13)21-25(22,23)15-4-2-1-3-14(15)18/h1-4,9-10,12-13,21H,5-8H2. The topological polar surface area (TPSA) is 81.2 Å². The van der Waals surface area contributed by atoms with Crippen LogP contribution in [-0.4, -0.2) is 30.5 Å². The number of nitrogens with one attached hydrogen (secondary N) is 1. The van der Waals surface area contributed by atoms with Gasteiger partial charge in [0.2, 0.25) is 10.0 Å². The van der Waals surface area contributed by atoms with Crippen molar-refractivity contribution in [2.75, 3.05) is 0 Å². The Morgan fingerprint density at radius 2 is 1.76 bits per heavy atom. The van der Waals surface area contributed by atoms with Crippen molar-refractivity contribution in [3.05, 3.63) is 47.5 Å². The zero-order valence-electron chi connectivity index (χ0n) is 13.2. The molecular weight excluding hydrogens is 369 g/mol. The molecule has 0 amide bonds. The van der Waals surface area contributed by atoms with Crippen molar-refractivity contribution < 1.29 is 17.5 Å². The maximum absolute atomic E-state index is 13.7. The van der Waals surface area contributed by atoms with Gasteiger partial charge in [-0.15, -0.1) is 0 Å². The minimum Gasteiger partial charge on any atom is -0.460 e. The second-order valence-corrected chi connectivity index (χ2v) is 7.95. The van der Waals surface area contributed by atoms with Crippen LogP contribution in [0.5, 0.6) is 6.01 Å². The minimum absolute atomic E-state index is 0.0876. The molecule has 1 saturated carbocycles. The molecule has 134 valence electrons. The maximum Gasteiger partial charge on any atom is 0.316 e. The summed E-state index contributed by atoms with van der Waals surface area (Å²) in [7, 11) is -3.88. The van der Waals surface area contributed by atoms with Crippen LogP contribution in [0.1, 0.15) is 25.7 Å². The molecule has 6 nitrogen and oxygen atoms in total. The summed E-state index contributed by atoms with van der Waals surface area (Å²) in [5.41, 5.74) is 0. The summed E-state index contributed by atoms with van der Waals surface area (Å²) in [6, 6.07) is 5.33. The number of halogens is 2. The van der Waals surface area contributed by atoms with E-state index >= 15 is 0 Å². The van der Waals surface area contributed by atoms with Gasteiger partial charge in [0, 0.05) is 6.04 Å². The molecule has 1 N–H and O–H groups in total. The second-order valence-electron chi connectivity index (χ2n) is 5.83. The number of hydrogen-bond acceptors (Lipinski definition) is 5. The first kappa shape index (κ1) is 18.0. The Hall–Kier alpha value is -1.77. The molecule has 0 bridgehead atoms. The van der Waals surface area contributed by atoms with E-state index in [0.29, 0.717) is 30.7 Å². The van der Waals surface area contributed by atoms with Gasteiger partial charge >= 0.3 is 6.01 Å². The molecule has 0 aliphatic heterocycles. The lowest BCUT2D eigenvalue weighted by atomic mass is 9.94. The highest BCUT2D eigenvalue weighted by Crippen LogP contribution is 2.24. The molecule has 1 heterocycles. The van der Waals surface area contributed by atoms with Gasteiger partial charge in [-0.25, -0.2) is 27.5 Å². The van der Waals surface area contributed by atoms with E-state index in [1.54, 1.807) is 0 Å². The monoisotopic (exact) mass is 385 g/mol. The zero-order chi connectivity index (χ0) is 17.9. The van der Waals surface area contributed by atoms with Crippen molar-refractivity contribution in [1.82, 2.24) is 14.7 Å². The van der Waals surface area contributed by atoms with E-state index in [-0.39, 0.29) is 23.1 Å². The highest BCUT2D eigenvalue weighted by atomic mass is 35.5. The molecule has 1 fully saturated rings. The number of aromatic nitrogens is 2. The van der Waals surface area contributed by atoms with Gasteiger partial charge in [0.05, 0.1) is 17.4 Å². The highest BCUT2D eigenvalue weighted by molar-refractivity contribution is 7.89. The Bertz CT molecular complexity index is 825. The van der Waals surface area contributed by atoms with Gasteiger partial charge in [-0.3, -0.25) is 0 Å². The average molecular weight is 386 g/mol. The zero-order valence-corrected chi connectivity index (χ0v) is 14.8. The smallest absolute Gasteiger partial charge is 0.316 e. The first-order chi connectivity index (χ1) is 11.9. The van der Waals surface area contributed by atoms with Gasteiger partial charge in [-0.2, -0.15) is 0 Å². The number of benzene rings is 1. The largest absolute Gasteiger partial charge is 0.460 e. The SMILES string of the molecule is O=S(=O)(NC1CCC(Oc2ncc(Cl)cn2)CC1)c1ccccc1F. The maximum atomic E-state index is 13.7. The Morgan fingerprint density at radius 1 is 1.12 bits per heavy atom. The van der Waals surface area contributed by atoms with Crippen LogP contribution in [0.15, 0.2) is 41.6 Å². The number of ether oxygens (including phenoxy) is 1. The quantitative estimate of drug-likeness (QED) is 0.855. The molecule has 1 aromatic heterocycles. The number of nitrogens with zero attached hydrogens (tertiary/aromatic N) is 2.